The number of sulfonamides is 1. The second-order valence-corrected chi connectivity index (χ2v) is 9.33. The second kappa shape index (κ2) is 7.91. The van der Waals surface area contributed by atoms with Crippen molar-refractivity contribution >= 4 is 27.3 Å². The largest absolute Gasteiger partial charge is 0.326 e. The zero-order valence-corrected chi connectivity index (χ0v) is 16.5. The van der Waals surface area contributed by atoms with E-state index in [9.17, 15) is 13.2 Å². The molecule has 0 aliphatic carbocycles. The molecular formula is C20H26N2O3S. The van der Waals surface area contributed by atoms with Crippen LogP contribution in [-0.2, 0) is 20.2 Å². The molecule has 0 saturated carbocycles. The molecule has 0 bridgehead atoms. The van der Waals surface area contributed by atoms with Gasteiger partial charge < -0.3 is 5.32 Å². The van der Waals surface area contributed by atoms with Crippen LogP contribution in [0.5, 0.6) is 0 Å². The Balaban J connectivity index is 2.03. The van der Waals surface area contributed by atoms with Gasteiger partial charge in [-0.1, -0.05) is 57.2 Å². The first-order chi connectivity index (χ1) is 12.1. The summed E-state index contributed by atoms with van der Waals surface area (Å²) >= 11 is 0. The number of anilines is 2. The molecule has 140 valence electrons. The molecule has 0 aromatic heterocycles. The number of amides is 1. The van der Waals surface area contributed by atoms with Crippen LogP contribution in [0.15, 0.2) is 54.6 Å². The highest BCUT2D eigenvalue weighted by atomic mass is 32.2. The molecule has 0 unspecified atom stereocenters. The van der Waals surface area contributed by atoms with Crippen LogP contribution in [0.1, 0.15) is 32.8 Å². The minimum atomic E-state index is -3.57. The van der Waals surface area contributed by atoms with Gasteiger partial charge >= 0.3 is 0 Å². The van der Waals surface area contributed by atoms with Crippen molar-refractivity contribution in [2.45, 2.75) is 32.6 Å². The second-order valence-electron chi connectivity index (χ2n) is 7.21. The van der Waals surface area contributed by atoms with Gasteiger partial charge in [-0.2, -0.15) is 0 Å². The number of para-hydroxylation sites is 2. The van der Waals surface area contributed by atoms with Crippen LogP contribution in [0.3, 0.4) is 0 Å². The molecule has 0 saturated heterocycles. The first kappa shape index (κ1) is 20.0. The van der Waals surface area contributed by atoms with Crippen LogP contribution < -0.4 is 9.62 Å². The van der Waals surface area contributed by atoms with Gasteiger partial charge in [-0.15, -0.1) is 0 Å². The summed E-state index contributed by atoms with van der Waals surface area (Å²) in [6.45, 7) is 6.20. The monoisotopic (exact) mass is 374 g/mol. The summed E-state index contributed by atoms with van der Waals surface area (Å²) in [7, 11) is -2.07. The number of carbonyl (C=O) groups is 1. The van der Waals surface area contributed by atoms with Gasteiger partial charge in [0, 0.05) is 19.2 Å². The van der Waals surface area contributed by atoms with E-state index in [-0.39, 0.29) is 23.5 Å². The molecule has 0 atom stereocenters. The minimum Gasteiger partial charge on any atom is -0.326 e. The third-order valence-corrected chi connectivity index (χ3v) is 5.90. The van der Waals surface area contributed by atoms with E-state index in [1.807, 2.05) is 30.3 Å². The molecule has 2 aromatic carbocycles. The van der Waals surface area contributed by atoms with Crippen molar-refractivity contribution in [2.24, 2.45) is 0 Å². The van der Waals surface area contributed by atoms with Crippen LogP contribution in [0.4, 0.5) is 11.4 Å². The number of rotatable bonds is 6. The van der Waals surface area contributed by atoms with Crippen molar-refractivity contribution in [1.29, 1.82) is 0 Å². The average molecular weight is 375 g/mol. The van der Waals surface area contributed by atoms with Gasteiger partial charge in [0.1, 0.15) is 0 Å². The van der Waals surface area contributed by atoms with E-state index in [0.717, 1.165) is 11.3 Å². The maximum Gasteiger partial charge on any atom is 0.235 e. The molecule has 5 nitrogen and oxygen atoms in total. The number of benzene rings is 2. The van der Waals surface area contributed by atoms with Gasteiger partial charge in [0.05, 0.1) is 11.4 Å². The quantitative estimate of drug-likeness (QED) is 0.837. The molecule has 0 aliphatic heterocycles. The summed E-state index contributed by atoms with van der Waals surface area (Å²) in [5.74, 6) is -0.561. The van der Waals surface area contributed by atoms with Crippen LogP contribution in [0, 0.1) is 0 Å². The molecular weight excluding hydrogens is 348 g/mol. The fourth-order valence-corrected chi connectivity index (χ4v) is 3.78. The Kier molecular flexibility index (Phi) is 6.08. The van der Waals surface area contributed by atoms with E-state index >= 15 is 0 Å². The van der Waals surface area contributed by atoms with Crippen LogP contribution >= 0.6 is 0 Å². The fraction of sp³-hybridized carbons (Fsp3) is 0.350. The maximum atomic E-state index is 12.5. The fourth-order valence-electron chi connectivity index (χ4n) is 2.62. The Labute approximate surface area is 156 Å². The Morgan fingerprint density at radius 1 is 1.00 bits per heavy atom. The van der Waals surface area contributed by atoms with E-state index in [1.54, 1.807) is 24.3 Å². The lowest BCUT2D eigenvalue weighted by atomic mass is 9.86. The maximum absolute atomic E-state index is 12.5. The van der Waals surface area contributed by atoms with Crippen LogP contribution in [0.25, 0.3) is 0 Å². The molecule has 0 fully saturated rings. The lowest BCUT2D eigenvalue weighted by molar-refractivity contribution is -0.115. The highest BCUT2D eigenvalue weighted by Gasteiger charge is 2.22. The summed E-state index contributed by atoms with van der Waals surface area (Å²) in [4.78, 5) is 12.3. The zero-order chi connectivity index (χ0) is 19.4. The Hall–Kier alpha value is -2.34. The topological polar surface area (TPSA) is 66.5 Å². The first-order valence-corrected chi connectivity index (χ1v) is 10.1. The highest BCUT2D eigenvalue weighted by molar-refractivity contribution is 7.92. The summed E-state index contributed by atoms with van der Waals surface area (Å²) in [5, 5.41) is 2.85. The minimum absolute atomic E-state index is 0.0992. The molecule has 1 N–H and O–H groups in total. The standard InChI is InChI=1S/C20H26N2O3S/c1-20(2,3)17-12-8-9-13-18(17)21-19(23)14-15-26(24,25)22(4)16-10-6-5-7-11-16/h5-13H,14-15H2,1-4H3,(H,21,23). The van der Waals surface area contributed by atoms with Crippen molar-refractivity contribution in [3.05, 3.63) is 60.2 Å². The van der Waals surface area contributed by atoms with Crippen molar-refractivity contribution in [3.8, 4) is 0 Å². The van der Waals surface area contributed by atoms with E-state index in [1.165, 1.54) is 11.4 Å². The van der Waals surface area contributed by atoms with E-state index in [0.29, 0.717) is 5.69 Å². The lowest BCUT2D eigenvalue weighted by Gasteiger charge is -2.23. The Morgan fingerprint density at radius 3 is 2.19 bits per heavy atom. The van der Waals surface area contributed by atoms with E-state index < -0.39 is 10.0 Å². The highest BCUT2D eigenvalue weighted by Crippen LogP contribution is 2.29. The van der Waals surface area contributed by atoms with Crippen molar-refractivity contribution < 1.29 is 13.2 Å². The summed E-state index contributed by atoms with van der Waals surface area (Å²) in [6.07, 6.45) is -0.0992. The SMILES string of the molecule is CN(c1ccccc1)S(=O)(=O)CCC(=O)Nc1ccccc1C(C)(C)C. The predicted molar refractivity (Wildman–Crippen MR) is 107 cm³/mol. The molecule has 0 radical (unpaired) electrons. The molecule has 2 aromatic rings. The number of nitrogens with zero attached hydrogens (tertiary/aromatic N) is 1. The van der Waals surface area contributed by atoms with Crippen LogP contribution in [-0.4, -0.2) is 27.1 Å². The van der Waals surface area contributed by atoms with Crippen molar-refractivity contribution in [2.75, 3.05) is 22.4 Å². The summed E-state index contributed by atoms with van der Waals surface area (Å²) < 4.78 is 26.1. The molecule has 0 heterocycles. The van der Waals surface area contributed by atoms with E-state index in [4.69, 9.17) is 0 Å². The van der Waals surface area contributed by atoms with Crippen LogP contribution in [0.2, 0.25) is 0 Å². The van der Waals surface area contributed by atoms with E-state index in [2.05, 4.69) is 26.1 Å². The molecule has 2 rings (SSSR count). The van der Waals surface area contributed by atoms with Gasteiger partial charge in [0.15, 0.2) is 0 Å². The van der Waals surface area contributed by atoms with Gasteiger partial charge in [0.2, 0.25) is 15.9 Å². The van der Waals surface area contributed by atoms with Crippen molar-refractivity contribution in [3.63, 3.8) is 0 Å². The predicted octanol–water partition coefficient (Wildman–Crippen LogP) is 3.78. The van der Waals surface area contributed by atoms with Gasteiger partial charge in [0.25, 0.3) is 0 Å². The number of carbonyl (C=O) groups excluding carboxylic acids is 1. The van der Waals surface area contributed by atoms with Gasteiger partial charge in [-0.25, -0.2) is 8.42 Å². The lowest BCUT2D eigenvalue weighted by Crippen LogP contribution is -2.31. The number of nitrogens with one attached hydrogen (secondary N) is 1. The summed E-state index contributed by atoms with van der Waals surface area (Å²) in [5.41, 5.74) is 2.19. The smallest absolute Gasteiger partial charge is 0.235 e. The molecule has 6 heteroatoms. The average Bonchev–Trinajstić information content (AvgIpc) is 2.60. The zero-order valence-electron chi connectivity index (χ0n) is 15.7. The normalized spacial score (nSPS) is 11.8. The molecule has 26 heavy (non-hydrogen) atoms. The third-order valence-electron chi connectivity index (χ3n) is 4.13. The Bertz CT molecular complexity index is 856. The number of hydrogen-bond acceptors (Lipinski definition) is 3. The molecule has 1 amide bonds. The number of hydrogen-bond donors (Lipinski definition) is 1. The first-order valence-electron chi connectivity index (χ1n) is 8.52. The van der Waals surface area contributed by atoms with Crippen molar-refractivity contribution in [1.82, 2.24) is 0 Å². The summed E-state index contributed by atoms with van der Waals surface area (Å²) in [6, 6.07) is 16.4. The van der Waals surface area contributed by atoms with Gasteiger partial charge in [-0.05, 0) is 29.2 Å². The Morgan fingerprint density at radius 2 is 1.58 bits per heavy atom. The molecule has 0 aliphatic rings. The third kappa shape index (κ3) is 5.08. The van der Waals surface area contributed by atoms with Gasteiger partial charge in [-0.3, -0.25) is 9.10 Å². The molecule has 0 spiro atoms.